The second-order valence-corrected chi connectivity index (χ2v) is 8.68. The fourth-order valence-electron chi connectivity index (χ4n) is 3.70. The zero-order valence-corrected chi connectivity index (χ0v) is 20.5. The first-order chi connectivity index (χ1) is 17.1. The maximum atomic E-state index is 12.8. The molecule has 0 aliphatic rings. The number of aromatic nitrogens is 3. The number of rotatable bonds is 9. The van der Waals surface area contributed by atoms with Gasteiger partial charge in [0.05, 0.1) is 5.75 Å². The Bertz CT molecular complexity index is 1290. The zero-order chi connectivity index (χ0) is 24.6. The van der Waals surface area contributed by atoms with Gasteiger partial charge in [-0.15, -0.1) is 10.2 Å². The summed E-state index contributed by atoms with van der Waals surface area (Å²) >= 11 is 1.31. The number of para-hydroxylation sites is 1. The van der Waals surface area contributed by atoms with Gasteiger partial charge in [0, 0.05) is 35.6 Å². The molecule has 1 aromatic heterocycles. The normalized spacial score (nSPS) is 10.7. The Kier molecular flexibility index (Phi) is 7.95. The molecular formula is C27H27N5O2S. The van der Waals surface area contributed by atoms with E-state index in [2.05, 4.69) is 15.5 Å². The molecule has 0 aliphatic carbocycles. The number of nitrogens with one attached hydrogen (secondary N) is 1. The van der Waals surface area contributed by atoms with E-state index in [1.165, 1.54) is 11.8 Å². The molecule has 0 spiro atoms. The Hall–Kier alpha value is -3.91. The van der Waals surface area contributed by atoms with Crippen LogP contribution in [-0.4, -0.2) is 50.3 Å². The van der Waals surface area contributed by atoms with Crippen LogP contribution < -0.4 is 5.32 Å². The fraction of sp³-hybridized carbons (Fsp3) is 0.185. The molecular weight excluding hydrogens is 458 g/mol. The van der Waals surface area contributed by atoms with E-state index in [0.717, 1.165) is 11.3 Å². The van der Waals surface area contributed by atoms with Crippen molar-refractivity contribution in [1.82, 2.24) is 19.7 Å². The molecule has 0 radical (unpaired) electrons. The first-order valence-corrected chi connectivity index (χ1v) is 12.5. The van der Waals surface area contributed by atoms with Crippen LogP contribution in [0.4, 0.5) is 5.69 Å². The first-order valence-electron chi connectivity index (χ1n) is 11.5. The zero-order valence-electron chi connectivity index (χ0n) is 19.7. The number of amides is 2. The molecule has 0 saturated carbocycles. The van der Waals surface area contributed by atoms with Gasteiger partial charge in [0.1, 0.15) is 0 Å². The van der Waals surface area contributed by atoms with E-state index in [1.807, 2.05) is 79.1 Å². The van der Waals surface area contributed by atoms with Crippen molar-refractivity contribution in [2.24, 2.45) is 0 Å². The van der Waals surface area contributed by atoms with Crippen LogP contribution in [0.2, 0.25) is 0 Å². The van der Waals surface area contributed by atoms with E-state index in [0.29, 0.717) is 35.3 Å². The topological polar surface area (TPSA) is 80.1 Å². The molecule has 2 amide bonds. The number of carbonyl (C=O) groups is 2. The number of anilines is 1. The molecule has 178 valence electrons. The Balaban J connectivity index is 1.50. The minimum atomic E-state index is -0.189. The van der Waals surface area contributed by atoms with Crippen LogP contribution in [0.3, 0.4) is 0 Å². The van der Waals surface area contributed by atoms with Gasteiger partial charge in [-0.1, -0.05) is 66.4 Å². The second kappa shape index (κ2) is 11.5. The van der Waals surface area contributed by atoms with Crippen LogP contribution in [0.25, 0.3) is 17.1 Å². The van der Waals surface area contributed by atoms with Crippen molar-refractivity contribution >= 4 is 29.3 Å². The molecule has 0 unspecified atom stereocenters. The van der Waals surface area contributed by atoms with E-state index in [4.69, 9.17) is 0 Å². The summed E-state index contributed by atoms with van der Waals surface area (Å²) in [5.74, 6) is 0.618. The highest BCUT2D eigenvalue weighted by atomic mass is 32.2. The average molecular weight is 486 g/mol. The molecule has 1 heterocycles. The highest BCUT2D eigenvalue weighted by molar-refractivity contribution is 7.99. The summed E-state index contributed by atoms with van der Waals surface area (Å²) in [6.45, 7) is 5.16. The summed E-state index contributed by atoms with van der Waals surface area (Å²) < 4.78 is 1.96. The van der Waals surface area contributed by atoms with Gasteiger partial charge in [0.15, 0.2) is 11.0 Å². The third-order valence-electron chi connectivity index (χ3n) is 5.46. The van der Waals surface area contributed by atoms with Gasteiger partial charge >= 0.3 is 0 Å². The van der Waals surface area contributed by atoms with Crippen molar-refractivity contribution < 1.29 is 9.59 Å². The monoisotopic (exact) mass is 485 g/mol. The van der Waals surface area contributed by atoms with Crippen LogP contribution in [0.15, 0.2) is 90.1 Å². The number of nitrogens with zero attached hydrogens (tertiary/aromatic N) is 4. The summed E-state index contributed by atoms with van der Waals surface area (Å²) in [7, 11) is 0. The summed E-state index contributed by atoms with van der Waals surface area (Å²) in [6, 6.07) is 26.7. The summed E-state index contributed by atoms with van der Waals surface area (Å²) in [5.41, 5.74) is 3.00. The molecule has 0 bridgehead atoms. The van der Waals surface area contributed by atoms with Gasteiger partial charge < -0.3 is 10.2 Å². The van der Waals surface area contributed by atoms with E-state index in [-0.39, 0.29) is 17.6 Å². The van der Waals surface area contributed by atoms with Crippen LogP contribution >= 0.6 is 11.8 Å². The SMILES string of the molecule is CCN(CC)C(=O)c1cccc(NC(=O)CSc2nnc(-c3ccccc3)n2-c2ccccc2)c1. The maximum Gasteiger partial charge on any atom is 0.253 e. The van der Waals surface area contributed by atoms with Crippen molar-refractivity contribution in [3.63, 3.8) is 0 Å². The van der Waals surface area contributed by atoms with Gasteiger partial charge in [-0.3, -0.25) is 14.2 Å². The molecule has 3 aromatic carbocycles. The van der Waals surface area contributed by atoms with Crippen molar-refractivity contribution in [3.05, 3.63) is 90.5 Å². The minimum absolute atomic E-state index is 0.0510. The van der Waals surface area contributed by atoms with Gasteiger partial charge in [-0.25, -0.2) is 0 Å². The van der Waals surface area contributed by atoms with E-state index in [1.54, 1.807) is 29.2 Å². The molecule has 7 nitrogen and oxygen atoms in total. The lowest BCUT2D eigenvalue weighted by atomic mass is 10.1. The standard InChI is InChI=1S/C27H27N5O2S/c1-3-31(4-2)26(34)21-14-11-15-22(18-21)28-24(33)19-35-27-30-29-25(20-12-7-5-8-13-20)32(27)23-16-9-6-10-17-23/h5-18H,3-4,19H2,1-2H3,(H,28,33). The van der Waals surface area contributed by atoms with E-state index >= 15 is 0 Å². The molecule has 1 N–H and O–H groups in total. The third kappa shape index (κ3) is 5.78. The molecule has 0 aliphatic heterocycles. The Morgan fingerprint density at radius 2 is 1.57 bits per heavy atom. The lowest BCUT2D eigenvalue weighted by Gasteiger charge is -2.19. The van der Waals surface area contributed by atoms with Crippen LogP contribution in [0.1, 0.15) is 24.2 Å². The number of hydrogen-bond acceptors (Lipinski definition) is 5. The highest BCUT2D eigenvalue weighted by Gasteiger charge is 2.18. The molecule has 0 atom stereocenters. The number of hydrogen-bond donors (Lipinski definition) is 1. The molecule has 4 aromatic rings. The summed E-state index contributed by atoms with van der Waals surface area (Å²) in [4.78, 5) is 27.1. The quantitative estimate of drug-likeness (QED) is 0.332. The second-order valence-electron chi connectivity index (χ2n) is 7.74. The van der Waals surface area contributed by atoms with Gasteiger partial charge in [-0.2, -0.15) is 0 Å². The van der Waals surface area contributed by atoms with Crippen molar-refractivity contribution in [1.29, 1.82) is 0 Å². The molecule has 0 saturated heterocycles. The Labute approximate surface area is 209 Å². The fourth-order valence-corrected chi connectivity index (χ4v) is 4.45. The van der Waals surface area contributed by atoms with Crippen LogP contribution in [0, 0.1) is 0 Å². The van der Waals surface area contributed by atoms with Gasteiger partial charge in [0.2, 0.25) is 5.91 Å². The predicted molar refractivity (Wildman–Crippen MR) is 140 cm³/mol. The van der Waals surface area contributed by atoms with E-state index < -0.39 is 0 Å². The summed E-state index contributed by atoms with van der Waals surface area (Å²) in [6.07, 6.45) is 0. The number of thioether (sulfide) groups is 1. The predicted octanol–water partition coefficient (Wildman–Crippen LogP) is 5.15. The molecule has 35 heavy (non-hydrogen) atoms. The largest absolute Gasteiger partial charge is 0.339 e. The highest BCUT2D eigenvalue weighted by Crippen LogP contribution is 2.28. The molecule has 0 fully saturated rings. The minimum Gasteiger partial charge on any atom is -0.339 e. The smallest absolute Gasteiger partial charge is 0.253 e. The van der Waals surface area contributed by atoms with Gasteiger partial charge in [-0.05, 0) is 44.2 Å². The Morgan fingerprint density at radius 1 is 0.886 bits per heavy atom. The van der Waals surface area contributed by atoms with Crippen molar-refractivity contribution in [2.45, 2.75) is 19.0 Å². The van der Waals surface area contributed by atoms with Crippen LogP contribution in [-0.2, 0) is 4.79 Å². The maximum absolute atomic E-state index is 12.8. The Morgan fingerprint density at radius 3 is 2.26 bits per heavy atom. The van der Waals surface area contributed by atoms with E-state index in [9.17, 15) is 9.59 Å². The van der Waals surface area contributed by atoms with Crippen LogP contribution in [0.5, 0.6) is 0 Å². The lowest BCUT2D eigenvalue weighted by Crippen LogP contribution is -2.30. The summed E-state index contributed by atoms with van der Waals surface area (Å²) in [5, 5.41) is 12.3. The third-order valence-corrected chi connectivity index (χ3v) is 6.38. The first kappa shape index (κ1) is 24.2. The average Bonchev–Trinajstić information content (AvgIpc) is 3.33. The van der Waals surface area contributed by atoms with Crippen molar-refractivity contribution in [3.8, 4) is 17.1 Å². The lowest BCUT2D eigenvalue weighted by molar-refractivity contribution is -0.113. The molecule has 8 heteroatoms. The molecule has 4 rings (SSSR count). The van der Waals surface area contributed by atoms with Gasteiger partial charge in [0.25, 0.3) is 5.91 Å². The van der Waals surface area contributed by atoms with Crippen molar-refractivity contribution in [2.75, 3.05) is 24.2 Å². The number of carbonyl (C=O) groups excluding carboxylic acids is 2. The number of benzene rings is 3.